The first-order chi connectivity index (χ1) is 18.3. The third kappa shape index (κ3) is 3.30. The summed E-state index contributed by atoms with van der Waals surface area (Å²) in [5, 5.41) is 0. The van der Waals surface area contributed by atoms with Crippen LogP contribution in [0.15, 0.2) is 85.5 Å². The SMILES string of the molecule is CC1(C)c2ncc([nH]2)-c2cn(-c3ccccc3)c(n2)C(C)(C)c2nc(cn2-c2ccccc2)-c2cnc1[nH]2. The highest BCUT2D eigenvalue weighted by molar-refractivity contribution is 5.59. The average molecular weight is 501 g/mol. The number of aromatic amines is 2. The smallest absolute Gasteiger partial charge is 0.127 e. The van der Waals surface area contributed by atoms with E-state index in [4.69, 9.17) is 19.9 Å². The van der Waals surface area contributed by atoms with E-state index in [9.17, 15) is 0 Å². The van der Waals surface area contributed by atoms with Crippen LogP contribution in [-0.2, 0) is 10.8 Å². The van der Waals surface area contributed by atoms with Gasteiger partial charge in [-0.1, -0.05) is 36.4 Å². The Balaban J connectivity index is 1.56. The van der Waals surface area contributed by atoms with Gasteiger partial charge in [0.05, 0.1) is 34.6 Å². The number of nitrogens with one attached hydrogen (secondary N) is 2. The third-order valence-corrected chi connectivity index (χ3v) is 7.49. The molecule has 6 aromatic rings. The van der Waals surface area contributed by atoms with Crippen molar-refractivity contribution >= 4 is 0 Å². The molecule has 0 saturated carbocycles. The number of imidazole rings is 4. The Bertz CT molecular complexity index is 1640. The Hall–Kier alpha value is -4.72. The summed E-state index contributed by atoms with van der Waals surface area (Å²) in [6.45, 7) is 8.57. The number of nitrogens with zero attached hydrogens (tertiary/aromatic N) is 6. The van der Waals surface area contributed by atoms with Crippen LogP contribution in [0, 0.1) is 0 Å². The van der Waals surface area contributed by atoms with Crippen LogP contribution in [0.3, 0.4) is 0 Å². The summed E-state index contributed by atoms with van der Waals surface area (Å²) in [5.74, 6) is 3.39. The van der Waals surface area contributed by atoms with Crippen molar-refractivity contribution in [1.29, 1.82) is 0 Å². The second-order valence-corrected chi connectivity index (χ2v) is 10.9. The van der Waals surface area contributed by atoms with E-state index in [0.717, 1.165) is 57.4 Å². The van der Waals surface area contributed by atoms with Crippen molar-refractivity contribution in [3.8, 4) is 34.2 Å². The van der Waals surface area contributed by atoms with Gasteiger partial charge in [-0.25, -0.2) is 19.9 Å². The summed E-state index contributed by atoms with van der Waals surface area (Å²) in [7, 11) is 0. The molecular formula is C30H28N8. The summed E-state index contributed by atoms with van der Waals surface area (Å²) in [5.41, 5.74) is 4.38. The number of para-hydroxylation sites is 2. The summed E-state index contributed by atoms with van der Waals surface area (Å²) >= 11 is 0. The maximum Gasteiger partial charge on any atom is 0.127 e. The molecule has 2 N–H and O–H groups in total. The molecule has 38 heavy (non-hydrogen) atoms. The monoisotopic (exact) mass is 500 g/mol. The number of hydrogen-bond donors (Lipinski definition) is 2. The van der Waals surface area contributed by atoms with Crippen LogP contribution in [0.2, 0.25) is 0 Å². The van der Waals surface area contributed by atoms with E-state index in [1.165, 1.54) is 0 Å². The third-order valence-electron chi connectivity index (χ3n) is 7.49. The van der Waals surface area contributed by atoms with Crippen molar-refractivity contribution in [2.75, 3.05) is 0 Å². The molecule has 8 bridgehead atoms. The molecule has 2 aromatic carbocycles. The predicted octanol–water partition coefficient (Wildman–Crippen LogP) is 5.80. The molecule has 0 spiro atoms. The van der Waals surface area contributed by atoms with Crippen molar-refractivity contribution < 1.29 is 0 Å². The number of aromatic nitrogens is 8. The second-order valence-electron chi connectivity index (χ2n) is 10.9. The maximum absolute atomic E-state index is 5.22. The Labute approximate surface area is 220 Å². The predicted molar refractivity (Wildman–Crippen MR) is 147 cm³/mol. The molecule has 0 fully saturated rings. The Morgan fingerprint density at radius 3 is 1.42 bits per heavy atom. The quantitative estimate of drug-likeness (QED) is 0.314. The zero-order chi connectivity index (χ0) is 26.1. The highest BCUT2D eigenvalue weighted by Gasteiger charge is 2.37. The molecular weight excluding hydrogens is 472 g/mol. The fourth-order valence-corrected chi connectivity index (χ4v) is 5.22. The van der Waals surface area contributed by atoms with Gasteiger partial charge in [0.1, 0.15) is 34.7 Å². The molecule has 5 heterocycles. The topological polar surface area (TPSA) is 93.0 Å². The molecule has 8 nitrogen and oxygen atoms in total. The van der Waals surface area contributed by atoms with Crippen LogP contribution >= 0.6 is 0 Å². The summed E-state index contributed by atoms with van der Waals surface area (Å²) in [6, 6.07) is 20.6. The fraction of sp³-hybridized carbons (Fsp3) is 0.200. The van der Waals surface area contributed by atoms with E-state index in [2.05, 4.69) is 83.5 Å². The molecule has 0 aliphatic carbocycles. The minimum Gasteiger partial charge on any atom is -0.340 e. The maximum atomic E-state index is 5.22. The van der Waals surface area contributed by atoms with Gasteiger partial charge < -0.3 is 19.1 Å². The van der Waals surface area contributed by atoms with Gasteiger partial charge in [0.25, 0.3) is 0 Å². The van der Waals surface area contributed by atoms with Crippen LogP contribution in [-0.4, -0.2) is 39.0 Å². The van der Waals surface area contributed by atoms with Crippen molar-refractivity contribution in [1.82, 2.24) is 39.0 Å². The van der Waals surface area contributed by atoms with E-state index in [1.54, 1.807) is 0 Å². The first-order valence-electron chi connectivity index (χ1n) is 12.7. The van der Waals surface area contributed by atoms with Gasteiger partial charge in [-0.3, -0.25) is 0 Å². The first kappa shape index (κ1) is 22.5. The molecule has 0 saturated heterocycles. The fourth-order valence-electron chi connectivity index (χ4n) is 5.22. The number of fused-ring (bicyclic) bond motifs is 10. The lowest BCUT2D eigenvalue weighted by atomic mass is 9.90. The minimum absolute atomic E-state index is 0.477. The molecule has 188 valence electrons. The average Bonchev–Trinajstić information content (AvgIpc) is 3.73. The number of H-pyrrole nitrogens is 2. The van der Waals surface area contributed by atoms with Crippen LogP contribution in [0.1, 0.15) is 51.0 Å². The molecule has 7 rings (SSSR count). The van der Waals surface area contributed by atoms with Crippen LogP contribution < -0.4 is 0 Å². The van der Waals surface area contributed by atoms with Crippen LogP contribution in [0.4, 0.5) is 0 Å². The van der Waals surface area contributed by atoms with E-state index in [-0.39, 0.29) is 0 Å². The van der Waals surface area contributed by atoms with E-state index in [0.29, 0.717) is 0 Å². The Morgan fingerprint density at radius 2 is 1.00 bits per heavy atom. The van der Waals surface area contributed by atoms with E-state index < -0.39 is 10.8 Å². The largest absolute Gasteiger partial charge is 0.340 e. The molecule has 8 heteroatoms. The molecule has 4 aromatic heterocycles. The molecule has 0 radical (unpaired) electrons. The van der Waals surface area contributed by atoms with E-state index >= 15 is 0 Å². The van der Waals surface area contributed by atoms with Crippen molar-refractivity contribution in [2.45, 2.75) is 38.5 Å². The van der Waals surface area contributed by atoms with Gasteiger partial charge in [0, 0.05) is 23.8 Å². The normalized spacial score (nSPS) is 15.3. The van der Waals surface area contributed by atoms with Gasteiger partial charge in [-0.15, -0.1) is 0 Å². The highest BCUT2D eigenvalue weighted by atomic mass is 15.2. The highest BCUT2D eigenvalue weighted by Crippen LogP contribution is 2.38. The van der Waals surface area contributed by atoms with E-state index in [1.807, 2.05) is 48.8 Å². The second kappa shape index (κ2) is 7.89. The van der Waals surface area contributed by atoms with Crippen molar-refractivity contribution in [3.63, 3.8) is 0 Å². The number of hydrogen-bond acceptors (Lipinski definition) is 4. The summed E-state index contributed by atoms with van der Waals surface area (Å²) in [6.07, 6.45) is 7.88. The van der Waals surface area contributed by atoms with Crippen molar-refractivity contribution in [2.24, 2.45) is 0 Å². The first-order valence-corrected chi connectivity index (χ1v) is 12.7. The molecule has 0 atom stereocenters. The van der Waals surface area contributed by atoms with Gasteiger partial charge in [-0.05, 0) is 52.0 Å². The standard InChI is InChI=1S/C30H28N8/c1-29(2)25-31-15-21(33-25)23-17-37(19-11-7-5-8-12-19)27(35-23)30(3,4)28-36-24(22-16-32-26(29)34-22)18-38(28)20-13-9-6-10-14-20/h5-18H,1-4H3,(H,31,33)(H,32,34). The molecule has 0 amide bonds. The van der Waals surface area contributed by atoms with Crippen LogP contribution in [0.25, 0.3) is 34.2 Å². The summed E-state index contributed by atoms with van der Waals surface area (Å²) in [4.78, 5) is 27.0. The number of benzene rings is 2. The molecule has 1 aliphatic rings. The molecule has 0 unspecified atom stereocenters. The molecule has 1 aliphatic heterocycles. The lowest BCUT2D eigenvalue weighted by Gasteiger charge is -2.26. The summed E-state index contributed by atoms with van der Waals surface area (Å²) < 4.78 is 4.33. The zero-order valence-corrected chi connectivity index (χ0v) is 21.8. The van der Waals surface area contributed by atoms with Gasteiger partial charge in [0.15, 0.2) is 0 Å². The van der Waals surface area contributed by atoms with Gasteiger partial charge >= 0.3 is 0 Å². The Morgan fingerprint density at radius 1 is 0.579 bits per heavy atom. The van der Waals surface area contributed by atoms with Gasteiger partial charge in [0.2, 0.25) is 0 Å². The van der Waals surface area contributed by atoms with Crippen LogP contribution in [0.5, 0.6) is 0 Å². The minimum atomic E-state index is -0.572. The lowest BCUT2D eigenvalue weighted by Crippen LogP contribution is -2.28. The van der Waals surface area contributed by atoms with Crippen molar-refractivity contribution in [3.05, 3.63) is 109 Å². The van der Waals surface area contributed by atoms with Gasteiger partial charge in [-0.2, -0.15) is 0 Å². The Kier molecular flexibility index (Phi) is 4.67. The lowest BCUT2D eigenvalue weighted by molar-refractivity contribution is 0.533. The number of rotatable bonds is 2. The zero-order valence-electron chi connectivity index (χ0n) is 21.8.